The fraction of sp³-hybridized carbons (Fsp3) is 0.438. The number of nitrogens with zero attached hydrogens (tertiary/aromatic N) is 1. The average molecular weight is 257 g/mol. The summed E-state index contributed by atoms with van der Waals surface area (Å²) < 4.78 is 0. The van der Waals surface area contributed by atoms with Gasteiger partial charge in [-0.3, -0.25) is 0 Å². The van der Waals surface area contributed by atoms with Gasteiger partial charge in [-0.05, 0) is 18.4 Å². The Bertz CT molecular complexity index is 417. The molecule has 1 fully saturated rings. The molecular formula is C16H23N3. The molecule has 1 saturated carbocycles. The van der Waals surface area contributed by atoms with Gasteiger partial charge in [0.15, 0.2) is 5.96 Å². The van der Waals surface area contributed by atoms with Crippen molar-refractivity contribution in [2.24, 2.45) is 10.7 Å². The molecule has 0 spiro atoms. The van der Waals surface area contributed by atoms with E-state index in [1.165, 1.54) is 37.7 Å². The molecule has 1 aromatic rings. The van der Waals surface area contributed by atoms with E-state index >= 15 is 0 Å². The van der Waals surface area contributed by atoms with Gasteiger partial charge in [-0.2, -0.15) is 0 Å². The molecule has 3 nitrogen and oxygen atoms in total. The van der Waals surface area contributed by atoms with Gasteiger partial charge in [0.2, 0.25) is 0 Å². The van der Waals surface area contributed by atoms with Gasteiger partial charge in [0, 0.05) is 6.04 Å². The van der Waals surface area contributed by atoms with Crippen LogP contribution in [0.25, 0.3) is 6.08 Å². The Morgan fingerprint density at radius 3 is 2.68 bits per heavy atom. The van der Waals surface area contributed by atoms with Gasteiger partial charge in [0.25, 0.3) is 0 Å². The predicted octanol–water partition coefficient (Wildman–Crippen LogP) is 2.94. The fourth-order valence-electron chi connectivity index (χ4n) is 2.41. The molecule has 0 amide bonds. The third-order valence-corrected chi connectivity index (χ3v) is 3.43. The minimum absolute atomic E-state index is 0.524. The minimum atomic E-state index is 0.524. The van der Waals surface area contributed by atoms with Crippen molar-refractivity contribution in [2.75, 3.05) is 6.54 Å². The molecule has 3 N–H and O–H groups in total. The van der Waals surface area contributed by atoms with E-state index in [0.29, 0.717) is 18.5 Å². The SMILES string of the molecule is NC(=NCC=Cc1ccccc1)NC1CCCCC1. The molecule has 0 aromatic heterocycles. The first-order valence-corrected chi connectivity index (χ1v) is 7.12. The Hall–Kier alpha value is -1.77. The Morgan fingerprint density at radius 1 is 1.21 bits per heavy atom. The maximum Gasteiger partial charge on any atom is 0.189 e. The summed E-state index contributed by atoms with van der Waals surface area (Å²) in [6.07, 6.45) is 10.5. The van der Waals surface area contributed by atoms with Crippen molar-refractivity contribution >= 4 is 12.0 Å². The number of nitrogens with one attached hydrogen (secondary N) is 1. The first kappa shape index (κ1) is 13.7. The average Bonchev–Trinajstić information content (AvgIpc) is 2.46. The summed E-state index contributed by atoms with van der Waals surface area (Å²) in [6, 6.07) is 10.7. The number of benzene rings is 1. The molecule has 19 heavy (non-hydrogen) atoms. The minimum Gasteiger partial charge on any atom is -0.370 e. The second-order valence-corrected chi connectivity index (χ2v) is 5.02. The zero-order valence-electron chi connectivity index (χ0n) is 11.4. The van der Waals surface area contributed by atoms with Crippen molar-refractivity contribution in [1.29, 1.82) is 0 Å². The monoisotopic (exact) mass is 257 g/mol. The van der Waals surface area contributed by atoms with E-state index in [-0.39, 0.29) is 0 Å². The van der Waals surface area contributed by atoms with Crippen LogP contribution in [0, 0.1) is 0 Å². The highest BCUT2D eigenvalue weighted by Gasteiger charge is 2.12. The highest BCUT2D eigenvalue weighted by Crippen LogP contribution is 2.16. The van der Waals surface area contributed by atoms with E-state index in [1.54, 1.807) is 0 Å². The summed E-state index contributed by atoms with van der Waals surface area (Å²) in [7, 11) is 0. The Morgan fingerprint density at radius 2 is 1.95 bits per heavy atom. The lowest BCUT2D eigenvalue weighted by Crippen LogP contribution is -2.41. The normalized spacial score (nSPS) is 17.8. The molecule has 1 aliphatic rings. The van der Waals surface area contributed by atoms with Crippen molar-refractivity contribution in [3.63, 3.8) is 0 Å². The number of aliphatic imine (C=N–C) groups is 1. The van der Waals surface area contributed by atoms with Crippen molar-refractivity contribution < 1.29 is 0 Å². The number of guanidine groups is 1. The largest absolute Gasteiger partial charge is 0.370 e. The third-order valence-electron chi connectivity index (χ3n) is 3.43. The lowest BCUT2D eigenvalue weighted by Gasteiger charge is -2.23. The molecule has 0 saturated heterocycles. The molecular weight excluding hydrogens is 234 g/mol. The zero-order chi connectivity index (χ0) is 13.3. The van der Waals surface area contributed by atoms with E-state index in [4.69, 9.17) is 5.73 Å². The standard InChI is InChI=1S/C16H23N3/c17-16(19-15-11-5-2-6-12-15)18-13-7-10-14-8-3-1-4-9-14/h1,3-4,7-10,15H,2,5-6,11-13H2,(H3,17,18,19). The van der Waals surface area contributed by atoms with Gasteiger partial charge in [-0.1, -0.05) is 61.7 Å². The lowest BCUT2D eigenvalue weighted by molar-refractivity contribution is 0.412. The number of rotatable bonds is 4. The molecule has 1 aromatic carbocycles. The van der Waals surface area contributed by atoms with Crippen LogP contribution in [0.4, 0.5) is 0 Å². The van der Waals surface area contributed by atoms with Gasteiger partial charge in [-0.15, -0.1) is 0 Å². The molecule has 0 aliphatic heterocycles. The second kappa shape index (κ2) is 7.62. The summed E-state index contributed by atoms with van der Waals surface area (Å²) >= 11 is 0. The first-order valence-electron chi connectivity index (χ1n) is 7.12. The van der Waals surface area contributed by atoms with Gasteiger partial charge in [0.05, 0.1) is 6.54 Å². The van der Waals surface area contributed by atoms with Gasteiger partial charge in [0.1, 0.15) is 0 Å². The van der Waals surface area contributed by atoms with Crippen molar-refractivity contribution in [1.82, 2.24) is 5.32 Å². The fourth-order valence-corrected chi connectivity index (χ4v) is 2.41. The van der Waals surface area contributed by atoms with Gasteiger partial charge < -0.3 is 11.1 Å². The molecule has 0 unspecified atom stereocenters. The van der Waals surface area contributed by atoms with Crippen LogP contribution in [0.15, 0.2) is 41.4 Å². The Labute approximate surface area is 115 Å². The molecule has 102 valence electrons. The zero-order valence-corrected chi connectivity index (χ0v) is 11.4. The molecule has 1 aliphatic carbocycles. The number of hydrogen-bond donors (Lipinski definition) is 2. The van der Waals surface area contributed by atoms with E-state index in [0.717, 1.165) is 0 Å². The van der Waals surface area contributed by atoms with Crippen LogP contribution in [0.3, 0.4) is 0 Å². The highest BCUT2D eigenvalue weighted by molar-refractivity contribution is 5.78. The van der Waals surface area contributed by atoms with E-state index < -0.39 is 0 Å². The van der Waals surface area contributed by atoms with Gasteiger partial charge >= 0.3 is 0 Å². The number of nitrogens with two attached hydrogens (primary N) is 1. The molecule has 0 atom stereocenters. The predicted molar refractivity (Wildman–Crippen MR) is 82.0 cm³/mol. The van der Waals surface area contributed by atoms with Crippen LogP contribution in [-0.2, 0) is 0 Å². The smallest absolute Gasteiger partial charge is 0.189 e. The topological polar surface area (TPSA) is 50.4 Å². The molecule has 0 heterocycles. The summed E-state index contributed by atoms with van der Waals surface area (Å²) in [5.74, 6) is 0.574. The first-order chi connectivity index (χ1) is 9.34. The van der Waals surface area contributed by atoms with Crippen LogP contribution >= 0.6 is 0 Å². The van der Waals surface area contributed by atoms with Crippen LogP contribution in [0.1, 0.15) is 37.7 Å². The number of hydrogen-bond acceptors (Lipinski definition) is 1. The summed E-state index contributed by atoms with van der Waals surface area (Å²) in [5, 5.41) is 3.31. The summed E-state index contributed by atoms with van der Waals surface area (Å²) in [4.78, 5) is 4.33. The van der Waals surface area contributed by atoms with E-state index in [1.807, 2.05) is 24.3 Å². The highest BCUT2D eigenvalue weighted by atomic mass is 15.1. The summed E-state index contributed by atoms with van der Waals surface area (Å²) in [6.45, 7) is 0.625. The van der Waals surface area contributed by atoms with Crippen molar-refractivity contribution in [3.8, 4) is 0 Å². The van der Waals surface area contributed by atoms with Crippen LogP contribution in [0.5, 0.6) is 0 Å². The van der Waals surface area contributed by atoms with E-state index in [9.17, 15) is 0 Å². The maximum absolute atomic E-state index is 5.89. The third kappa shape index (κ3) is 5.16. The lowest BCUT2D eigenvalue weighted by atomic mass is 9.96. The Balaban J connectivity index is 1.73. The van der Waals surface area contributed by atoms with Crippen LogP contribution in [0.2, 0.25) is 0 Å². The summed E-state index contributed by atoms with van der Waals surface area (Å²) in [5.41, 5.74) is 7.08. The molecule has 2 rings (SSSR count). The molecule has 3 heteroatoms. The molecule has 0 bridgehead atoms. The van der Waals surface area contributed by atoms with E-state index in [2.05, 4.69) is 28.5 Å². The van der Waals surface area contributed by atoms with Gasteiger partial charge in [-0.25, -0.2) is 4.99 Å². The maximum atomic E-state index is 5.89. The Kier molecular flexibility index (Phi) is 5.48. The van der Waals surface area contributed by atoms with Crippen LogP contribution in [-0.4, -0.2) is 18.5 Å². The van der Waals surface area contributed by atoms with Crippen molar-refractivity contribution in [3.05, 3.63) is 42.0 Å². The molecule has 0 radical (unpaired) electrons. The quantitative estimate of drug-likeness (QED) is 0.643. The van der Waals surface area contributed by atoms with Crippen molar-refractivity contribution in [2.45, 2.75) is 38.1 Å². The van der Waals surface area contributed by atoms with Crippen LogP contribution < -0.4 is 11.1 Å². The second-order valence-electron chi connectivity index (χ2n) is 5.02.